The van der Waals surface area contributed by atoms with Gasteiger partial charge in [0.2, 0.25) is 0 Å². The van der Waals surface area contributed by atoms with Gasteiger partial charge in [-0.25, -0.2) is 4.39 Å². The van der Waals surface area contributed by atoms with E-state index in [-0.39, 0.29) is 11.3 Å². The van der Waals surface area contributed by atoms with E-state index in [0.717, 1.165) is 38.4 Å². The summed E-state index contributed by atoms with van der Waals surface area (Å²) in [4.78, 5) is 20.4. The summed E-state index contributed by atoms with van der Waals surface area (Å²) in [5.41, 5.74) is 1.85. The van der Waals surface area contributed by atoms with Crippen LogP contribution in [0.1, 0.15) is 23.0 Å². The molecule has 6 heteroatoms. The van der Waals surface area contributed by atoms with E-state index in [9.17, 15) is 9.18 Å². The molecule has 4 nitrogen and oxygen atoms in total. The van der Waals surface area contributed by atoms with Crippen LogP contribution >= 0.6 is 11.6 Å². The Hall–Kier alpha value is -1.98. The molecule has 0 aliphatic carbocycles. The van der Waals surface area contributed by atoms with Gasteiger partial charge in [0.1, 0.15) is 5.82 Å². The van der Waals surface area contributed by atoms with E-state index < -0.39 is 5.82 Å². The second-order valence-electron chi connectivity index (χ2n) is 5.92. The number of rotatable bonds is 4. The molecule has 0 unspecified atom stereocenters. The lowest BCUT2D eigenvalue weighted by Gasteiger charge is -2.36. The second kappa shape index (κ2) is 7.28. The summed E-state index contributed by atoms with van der Waals surface area (Å²) in [5.74, 6) is -0.691. The molecule has 0 atom stereocenters. The summed E-state index contributed by atoms with van der Waals surface area (Å²) < 4.78 is 14.0. The maximum atomic E-state index is 14.0. The van der Waals surface area contributed by atoms with E-state index in [4.69, 9.17) is 11.6 Å². The molecule has 24 heavy (non-hydrogen) atoms. The first-order chi connectivity index (χ1) is 11.5. The summed E-state index contributed by atoms with van der Waals surface area (Å²) in [6, 6.07) is 8.57. The fourth-order valence-corrected chi connectivity index (χ4v) is 3.11. The van der Waals surface area contributed by atoms with Gasteiger partial charge in [-0.3, -0.25) is 14.7 Å². The molecule has 3 rings (SSSR count). The normalized spacial score (nSPS) is 15.5. The van der Waals surface area contributed by atoms with E-state index in [1.807, 2.05) is 18.2 Å². The Morgan fingerprint density at radius 1 is 1.21 bits per heavy atom. The third-order valence-electron chi connectivity index (χ3n) is 4.23. The van der Waals surface area contributed by atoms with Crippen LogP contribution in [0, 0.1) is 5.82 Å². The molecule has 2 heterocycles. The van der Waals surface area contributed by atoms with Crippen molar-refractivity contribution >= 4 is 23.1 Å². The van der Waals surface area contributed by atoms with Gasteiger partial charge in [-0.2, -0.15) is 0 Å². The first-order valence-electron chi connectivity index (χ1n) is 7.92. The summed E-state index contributed by atoms with van der Waals surface area (Å²) in [6.07, 6.45) is 1.65. The number of Topliss-reactive ketones (excluding diaryl/α,β-unsaturated/α-hetero) is 1. The van der Waals surface area contributed by atoms with E-state index >= 15 is 0 Å². The van der Waals surface area contributed by atoms with E-state index in [1.54, 1.807) is 12.3 Å². The molecule has 0 amide bonds. The van der Waals surface area contributed by atoms with Crippen molar-refractivity contribution < 1.29 is 9.18 Å². The van der Waals surface area contributed by atoms with E-state index in [2.05, 4.69) is 14.8 Å². The smallest absolute Gasteiger partial charge is 0.164 e. The number of halogens is 2. The summed E-state index contributed by atoms with van der Waals surface area (Å²) in [6.45, 7) is 5.32. The predicted molar refractivity (Wildman–Crippen MR) is 93.1 cm³/mol. The summed E-state index contributed by atoms with van der Waals surface area (Å²) in [5, 5.41) is 0.631. The first-order valence-corrected chi connectivity index (χ1v) is 8.29. The number of pyridine rings is 1. The quantitative estimate of drug-likeness (QED) is 0.794. The molecule has 2 aromatic rings. The van der Waals surface area contributed by atoms with Gasteiger partial charge in [0.05, 0.1) is 22.0 Å². The van der Waals surface area contributed by atoms with Gasteiger partial charge in [-0.15, -0.1) is 0 Å². The van der Waals surface area contributed by atoms with Gasteiger partial charge in [0, 0.05) is 38.9 Å². The van der Waals surface area contributed by atoms with Crippen molar-refractivity contribution in [3.63, 3.8) is 0 Å². The Bertz CT molecular complexity index is 728. The topological polar surface area (TPSA) is 36.4 Å². The lowest BCUT2D eigenvalue weighted by molar-refractivity contribution is 0.101. The van der Waals surface area contributed by atoms with Crippen molar-refractivity contribution in [2.75, 3.05) is 31.1 Å². The average Bonchev–Trinajstić information content (AvgIpc) is 2.57. The maximum Gasteiger partial charge on any atom is 0.164 e. The van der Waals surface area contributed by atoms with Crippen molar-refractivity contribution in [1.29, 1.82) is 0 Å². The van der Waals surface area contributed by atoms with Gasteiger partial charge in [-0.05, 0) is 31.2 Å². The number of nitrogens with zero attached hydrogens (tertiary/aromatic N) is 3. The minimum absolute atomic E-state index is 0.185. The van der Waals surface area contributed by atoms with Gasteiger partial charge in [0.15, 0.2) is 5.78 Å². The molecule has 1 saturated heterocycles. The minimum Gasteiger partial charge on any atom is -0.368 e. The number of aromatic nitrogens is 1. The van der Waals surface area contributed by atoms with Crippen LogP contribution < -0.4 is 4.90 Å². The van der Waals surface area contributed by atoms with Crippen LogP contribution in [0.15, 0.2) is 36.5 Å². The number of ketones is 1. The molecule has 1 aromatic heterocycles. The number of benzene rings is 1. The van der Waals surface area contributed by atoms with Gasteiger partial charge >= 0.3 is 0 Å². The van der Waals surface area contributed by atoms with Crippen molar-refractivity contribution in [3.05, 3.63) is 58.6 Å². The lowest BCUT2D eigenvalue weighted by atomic mass is 10.1. The molecule has 1 fully saturated rings. The van der Waals surface area contributed by atoms with Crippen LogP contribution in [0.4, 0.5) is 10.1 Å². The van der Waals surface area contributed by atoms with E-state index in [0.29, 0.717) is 10.7 Å². The zero-order valence-electron chi connectivity index (χ0n) is 13.5. The molecular formula is C18H19ClFN3O. The number of hydrogen-bond acceptors (Lipinski definition) is 4. The molecule has 1 aliphatic heterocycles. The first kappa shape index (κ1) is 16.9. The monoisotopic (exact) mass is 347 g/mol. The van der Waals surface area contributed by atoms with Crippen LogP contribution in [0.2, 0.25) is 5.02 Å². The fourth-order valence-electron chi connectivity index (χ4n) is 3.00. The molecule has 1 aromatic carbocycles. The van der Waals surface area contributed by atoms with Gasteiger partial charge < -0.3 is 4.90 Å². The Balaban J connectivity index is 1.66. The van der Waals surface area contributed by atoms with Crippen LogP contribution in [-0.2, 0) is 6.54 Å². The lowest BCUT2D eigenvalue weighted by Crippen LogP contribution is -2.46. The molecular weight excluding hydrogens is 329 g/mol. The second-order valence-corrected chi connectivity index (χ2v) is 6.36. The number of carbonyl (C=O) groups is 1. The fraction of sp³-hybridized carbons (Fsp3) is 0.333. The molecule has 0 radical (unpaired) electrons. The van der Waals surface area contributed by atoms with Crippen molar-refractivity contribution in [2.45, 2.75) is 13.5 Å². The Morgan fingerprint density at radius 3 is 2.58 bits per heavy atom. The SMILES string of the molecule is CC(=O)c1c(F)cccc1N1CCN(Cc2ccc(Cl)cn2)CC1. The van der Waals surface area contributed by atoms with Crippen molar-refractivity contribution in [2.24, 2.45) is 0 Å². The maximum absolute atomic E-state index is 14.0. The third-order valence-corrected chi connectivity index (χ3v) is 4.45. The number of carbonyl (C=O) groups excluding carboxylic acids is 1. The number of piperazine rings is 1. The van der Waals surface area contributed by atoms with Crippen molar-refractivity contribution in [3.8, 4) is 0 Å². The zero-order valence-corrected chi connectivity index (χ0v) is 14.3. The highest BCUT2D eigenvalue weighted by atomic mass is 35.5. The van der Waals surface area contributed by atoms with Crippen LogP contribution in [0.25, 0.3) is 0 Å². The predicted octanol–water partition coefficient (Wildman–Crippen LogP) is 3.40. The molecule has 0 spiro atoms. The summed E-state index contributed by atoms with van der Waals surface area (Å²) in [7, 11) is 0. The Labute approximate surface area is 145 Å². The molecule has 0 bridgehead atoms. The molecule has 0 saturated carbocycles. The van der Waals surface area contributed by atoms with Crippen LogP contribution in [0.5, 0.6) is 0 Å². The molecule has 1 aliphatic rings. The average molecular weight is 348 g/mol. The highest BCUT2D eigenvalue weighted by Crippen LogP contribution is 2.25. The third kappa shape index (κ3) is 3.74. The number of anilines is 1. The Kier molecular flexibility index (Phi) is 5.11. The molecule has 126 valence electrons. The van der Waals surface area contributed by atoms with Crippen molar-refractivity contribution in [1.82, 2.24) is 9.88 Å². The summed E-state index contributed by atoms with van der Waals surface area (Å²) >= 11 is 5.85. The van der Waals surface area contributed by atoms with Gasteiger partial charge in [-0.1, -0.05) is 17.7 Å². The molecule has 0 N–H and O–H groups in total. The standard InChI is InChI=1S/C18H19ClFN3O/c1-13(24)18-16(20)3-2-4-17(18)23-9-7-22(8-10-23)12-15-6-5-14(19)11-21-15/h2-6,11H,7-10,12H2,1H3. The highest BCUT2D eigenvalue weighted by Gasteiger charge is 2.22. The Morgan fingerprint density at radius 2 is 1.96 bits per heavy atom. The van der Waals surface area contributed by atoms with Crippen LogP contribution in [0.3, 0.4) is 0 Å². The zero-order chi connectivity index (χ0) is 17.1. The minimum atomic E-state index is -0.451. The van der Waals surface area contributed by atoms with E-state index in [1.165, 1.54) is 13.0 Å². The van der Waals surface area contributed by atoms with Gasteiger partial charge in [0.25, 0.3) is 0 Å². The highest BCUT2D eigenvalue weighted by molar-refractivity contribution is 6.30. The number of hydrogen-bond donors (Lipinski definition) is 0. The largest absolute Gasteiger partial charge is 0.368 e. The van der Waals surface area contributed by atoms with Crippen LogP contribution in [-0.4, -0.2) is 41.8 Å².